The Bertz CT molecular complexity index is 344. The van der Waals surface area contributed by atoms with Crippen LogP contribution in [0.3, 0.4) is 0 Å². The van der Waals surface area contributed by atoms with Crippen LogP contribution < -0.4 is 5.73 Å². The van der Waals surface area contributed by atoms with Crippen molar-refractivity contribution in [2.75, 3.05) is 5.73 Å². The summed E-state index contributed by atoms with van der Waals surface area (Å²) in [6.07, 6.45) is 1.59. The zero-order valence-electron chi connectivity index (χ0n) is 8.68. The van der Waals surface area contributed by atoms with E-state index in [4.69, 9.17) is 10.8 Å². The van der Waals surface area contributed by atoms with Gasteiger partial charge in [-0.05, 0) is 12.1 Å². The minimum Gasteiger partial charge on any atom is -0.481 e. The molecule has 0 amide bonds. The summed E-state index contributed by atoms with van der Waals surface area (Å²) in [5.74, 6) is -1.40. The largest absolute Gasteiger partial charge is 0.481 e. The molecular formula is C10H15ClN2O2. The van der Waals surface area contributed by atoms with Crippen LogP contribution in [-0.4, -0.2) is 16.1 Å². The molecule has 84 valence electrons. The van der Waals surface area contributed by atoms with Crippen LogP contribution in [0.1, 0.15) is 25.5 Å². The first-order valence-corrected chi connectivity index (χ1v) is 4.46. The summed E-state index contributed by atoms with van der Waals surface area (Å²) in [6, 6.07) is 3.39. The first-order chi connectivity index (χ1) is 6.52. The van der Waals surface area contributed by atoms with Crippen LogP contribution in [-0.2, 0) is 4.79 Å². The van der Waals surface area contributed by atoms with Gasteiger partial charge in [0.2, 0.25) is 0 Å². The first kappa shape index (κ1) is 13.7. The van der Waals surface area contributed by atoms with Crippen molar-refractivity contribution in [3.63, 3.8) is 0 Å². The van der Waals surface area contributed by atoms with E-state index < -0.39 is 11.9 Å². The van der Waals surface area contributed by atoms with Gasteiger partial charge < -0.3 is 10.8 Å². The number of carboxylic acids is 1. The highest BCUT2D eigenvalue weighted by molar-refractivity contribution is 5.85. The molecule has 1 aromatic heterocycles. The highest BCUT2D eigenvalue weighted by atomic mass is 35.5. The predicted octanol–water partition coefficient (Wildman–Crippen LogP) is 1.91. The van der Waals surface area contributed by atoms with Crippen LogP contribution in [0.2, 0.25) is 0 Å². The minimum atomic E-state index is -0.818. The number of anilines is 1. The molecular weight excluding hydrogens is 216 g/mol. The molecule has 4 nitrogen and oxygen atoms in total. The normalized spacial score (nSPS) is 13.7. The molecule has 0 aromatic carbocycles. The van der Waals surface area contributed by atoms with E-state index in [9.17, 15) is 4.79 Å². The molecule has 2 unspecified atom stereocenters. The summed E-state index contributed by atoms with van der Waals surface area (Å²) in [7, 11) is 0. The molecule has 1 aromatic rings. The molecule has 1 rings (SSSR count). The number of rotatable bonds is 3. The quantitative estimate of drug-likeness (QED) is 0.832. The maximum absolute atomic E-state index is 10.7. The van der Waals surface area contributed by atoms with E-state index in [0.29, 0.717) is 5.69 Å². The lowest BCUT2D eigenvalue weighted by atomic mass is 9.92. The second-order valence-corrected chi connectivity index (χ2v) is 3.43. The summed E-state index contributed by atoms with van der Waals surface area (Å²) in [5, 5.41) is 8.82. The van der Waals surface area contributed by atoms with E-state index >= 15 is 0 Å². The van der Waals surface area contributed by atoms with E-state index in [0.717, 1.165) is 5.69 Å². The van der Waals surface area contributed by atoms with Gasteiger partial charge in [-0.25, -0.2) is 0 Å². The number of hydrogen-bond acceptors (Lipinski definition) is 3. The third-order valence-corrected chi connectivity index (χ3v) is 2.41. The van der Waals surface area contributed by atoms with Crippen molar-refractivity contribution in [1.29, 1.82) is 0 Å². The van der Waals surface area contributed by atoms with Crippen LogP contribution in [0, 0.1) is 5.92 Å². The Morgan fingerprint density at radius 2 is 2.13 bits per heavy atom. The maximum Gasteiger partial charge on any atom is 0.306 e. The SMILES string of the molecule is CC(C(=O)O)C(C)c1cc(N)ccn1.Cl. The van der Waals surface area contributed by atoms with Crippen molar-refractivity contribution in [2.45, 2.75) is 19.8 Å². The lowest BCUT2D eigenvalue weighted by Gasteiger charge is -2.15. The molecule has 0 aliphatic rings. The van der Waals surface area contributed by atoms with Gasteiger partial charge in [-0.1, -0.05) is 13.8 Å². The lowest BCUT2D eigenvalue weighted by molar-refractivity contribution is -0.141. The average molecular weight is 231 g/mol. The van der Waals surface area contributed by atoms with Crippen molar-refractivity contribution in [2.24, 2.45) is 5.92 Å². The Hall–Kier alpha value is -1.29. The Labute approximate surface area is 94.9 Å². The van der Waals surface area contributed by atoms with E-state index in [1.807, 2.05) is 6.92 Å². The third-order valence-electron chi connectivity index (χ3n) is 2.41. The standard InChI is InChI=1S/C10H14N2O2.ClH/c1-6(7(2)10(13)14)9-5-8(11)3-4-12-9;/h3-7H,1-2H3,(H2,11,12)(H,13,14);1H. The molecule has 3 N–H and O–H groups in total. The molecule has 0 saturated carbocycles. The monoisotopic (exact) mass is 230 g/mol. The van der Waals surface area contributed by atoms with Gasteiger partial charge in [0.05, 0.1) is 5.92 Å². The minimum absolute atomic E-state index is 0. The van der Waals surface area contributed by atoms with Crippen LogP contribution in [0.25, 0.3) is 0 Å². The van der Waals surface area contributed by atoms with Crippen LogP contribution in [0.15, 0.2) is 18.3 Å². The molecule has 0 saturated heterocycles. The Morgan fingerprint density at radius 3 is 2.60 bits per heavy atom. The average Bonchev–Trinajstić information content (AvgIpc) is 2.15. The van der Waals surface area contributed by atoms with Gasteiger partial charge in [0.15, 0.2) is 0 Å². The fourth-order valence-electron chi connectivity index (χ4n) is 1.18. The topological polar surface area (TPSA) is 76.2 Å². The van der Waals surface area contributed by atoms with Gasteiger partial charge in [0.1, 0.15) is 0 Å². The van der Waals surface area contributed by atoms with E-state index in [1.165, 1.54) is 0 Å². The van der Waals surface area contributed by atoms with Crippen molar-refractivity contribution >= 4 is 24.1 Å². The Balaban J connectivity index is 0.00000196. The highest BCUT2D eigenvalue weighted by Gasteiger charge is 2.21. The number of aromatic nitrogens is 1. The van der Waals surface area contributed by atoms with Gasteiger partial charge in [0, 0.05) is 23.5 Å². The Kier molecular flexibility index (Phi) is 5.08. The lowest BCUT2D eigenvalue weighted by Crippen LogP contribution is -2.17. The third kappa shape index (κ3) is 3.40. The number of nitrogens with two attached hydrogens (primary N) is 1. The van der Waals surface area contributed by atoms with Crippen LogP contribution in [0.4, 0.5) is 5.69 Å². The van der Waals surface area contributed by atoms with Gasteiger partial charge in [0.25, 0.3) is 0 Å². The number of pyridine rings is 1. The van der Waals surface area contributed by atoms with Gasteiger partial charge in [-0.15, -0.1) is 12.4 Å². The Morgan fingerprint density at radius 1 is 1.53 bits per heavy atom. The number of carboxylic acid groups (broad SMARTS) is 1. The zero-order valence-corrected chi connectivity index (χ0v) is 9.49. The summed E-state index contributed by atoms with van der Waals surface area (Å²) >= 11 is 0. The van der Waals surface area contributed by atoms with E-state index in [-0.39, 0.29) is 18.3 Å². The predicted molar refractivity (Wildman–Crippen MR) is 61.1 cm³/mol. The number of carbonyl (C=O) groups is 1. The van der Waals surface area contributed by atoms with Gasteiger partial charge in [-0.2, -0.15) is 0 Å². The van der Waals surface area contributed by atoms with Crippen molar-refractivity contribution < 1.29 is 9.90 Å². The summed E-state index contributed by atoms with van der Waals surface area (Å²) in [5.41, 5.74) is 6.92. The van der Waals surface area contributed by atoms with Crippen molar-refractivity contribution in [1.82, 2.24) is 4.98 Å². The smallest absolute Gasteiger partial charge is 0.306 e. The second kappa shape index (κ2) is 5.56. The molecule has 2 atom stereocenters. The van der Waals surface area contributed by atoms with Gasteiger partial charge in [-0.3, -0.25) is 9.78 Å². The first-order valence-electron chi connectivity index (χ1n) is 4.46. The molecule has 0 fully saturated rings. The molecule has 0 spiro atoms. The van der Waals surface area contributed by atoms with Crippen molar-refractivity contribution in [3.05, 3.63) is 24.0 Å². The molecule has 1 heterocycles. The molecule has 5 heteroatoms. The summed E-state index contributed by atoms with van der Waals surface area (Å²) in [4.78, 5) is 14.8. The summed E-state index contributed by atoms with van der Waals surface area (Å²) < 4.78 is 0. The number of nitrogens with zero attached hydrogens (tertiary/aromatic N) is 1. The van der Waals surface area contributed by atoms with Crippen LogP contribution >= 0.6 is 12.4 Å². The number of hydrogen-bond donors (Lipinski definition) is 2. The number of halogens is 1. The second-order valence-electron chi connectivity index (χ2n) is 3.43. The van der Waals surface area contributed by atoms with E-state index in [2.05, 4.69) is 4.98 Å². The number of nitrogen functional groups attached to an aromatic ring is 1. The molecule has 0 aliphatic heterocycles. The maximum atomic E-state index is 10.7. The van der Waals surface area contributed by atoms with Gasteiger partial charge >= 0.3 is 5.97 Å². The fourth-order valence-corrected chi connectivity index (χ4v) is 1.18. The molecule has 0 radical (unpaired) electrons. The molecule has 0 aliphatic carbocycles. The summed E-state index contributed by atoms with van der Waals surface area (Å²) in [6.45, 7) is 3.50. The molecule has 15 heavy (non-hydrogen) atoms. The zero-order chi connectivity index (χ0) is 10.7. The number of aliphatic carboxylic acids is 1. The van der Waals surface area contributed by atoms with E-state index in [1.54, 1.807) is 25.3 Å². The van der Waals surface area contributed by atoms with Crippen LogP contribution in [0.5, 0.6) is 0 Å². The highest BCUT2D eigenvalue weighted by Crippen LogP contribution is 2.23. The van der Waals surface area contributed by atoms with Crippen molar-refractivity contribution in [3.8, 4) is 0 Å². The molecule has 0 bridgehead atoms. The fraction of sp³-hybridized carbons (Fsp3) is 0.400.